The van der Waals surface area contributed by atoms with Crippen molar-refractivity contribution < 1.29 is 0 Å². The van der Waals surface area contributed by atoms with Gasteiger partial charge < -0.3 is 0 Å². The molecule has 2 heterocycles. The number of hydrogen-bond donors (Lipinski definition) is 1. The van der Waals surface area contributed by atoms with Crippen LogP contribution in [0.3, 0.4) is 0 Å². The predicted octanol–water partition coefficient (Wildman–Crippen LogP) is -0.121. The molecule has 7 heteroatoms. The van der Waals surface area contributed by atoms with Crippen molar-refractivity contribution in [2.45, 2.75) is 22.7 Å². The Balaban J connectivity index is 2.56. The van der Waals surface area contributed by atoms with Crippen LogP contribution >= 0.6 is 31.9 Å². The molecule has 2 unspecified atom stereocenters. The lowest BCUT2D eigenvalue weighted by Crippen LogP contribution is -2.41. The molecule has 0 radical (unpaired) electrons. The van der Waals surface area contributed by atoms with Gasteiger partial charge in [-0.05, 0) is 0 Å². The molecular formula is C6H7Br2N3O2. The molecule has 2 rings (SSSR count). The molecule has 13 heavy (non-hydrogen) atoms. The number of alkyl halides is 2. The number of rotatable bonds is 0. The van der Waals surface area contributed by atoms with Crippen LogP contribution in [0.1, 0.15) is 0 Å². The van der Waals surface area contributed by atoms with E-state index in [4.69, 9.17) is 0 Å². The zero-order chi connectivity index (χ0) is 9.59. The topological polar surface area (TPSA) is 59.8 Å². The summed E-state index contributed by atoms with van der Waals surface area (Å²) < 4.78 is 2.83. The molecule has 1 aliphatic rings. The molecule has 1 aromatic heterocycles. The van der Waals surface area contributed by atoms with Crippen molar-refractivity contribution in [1.29, 1.82) is 0 Å². The Bertz CT molecular complexity index is 393. The Hall–Kier alpha value is -0.300. The van der Waals surface area contributed by atoms with E-state index in [1.807, 2.05) is 0 Å². The maximum atomic E-state index is 11.2. The van der Waals surface area contributed by atoms with Gasteiger partial charge in [-0.1, -0.05) is 31.9 Å². The van der Waals surface area contributed by atoms with Crippen LogP contribution in [0, 0.1) is 0 Å². The molecule has 0 aliphatic carbocycles. The zero-order valence-corrected chi connectivity index (χ0v) is 9.71. The number of hydrogen-bond acceptors (Lipinski definition) is 2. The molecule has 72 valence electrons. The number of H-pyrrole nitrogens is 1. The standard InChI is InChI=1S/C6H7Br2N3O2/c7-3-1-10-5(12)9-6(13)11(10)2-4(3)8/h3-4H,1-2H2,(H,9,12,13). The Morgan fingerprint density at radius 2 is 1.46 bits per heavy atom. The first-order valence-corrected chi connectivity index (χ1v) is 5.61. The van der Waals surface area contributed by atoms with Crippen molar-refractivity contribution in [3.8, 4) is 0 Å². The van der Waals surface area contributed by atoms with Gasteiger partial charge in [0.15, 0.2) is 0 Å². The first-order chi connectivity index (χ1) is 6.09. The predicted molar refractivity (Wildman–Crippen MR) is 54.7 cm³/mol. The van der Waals surface area contributed by atoms with Crippen molar-refractivity contribution in [2.24, 2.45) is 0 Å². The molecule has 0 amide bonds. The Morgan fingerprint density at radius 3 is 1.85 bits per heavy atom. The Labute approximate surface area is 90.0 Å². The highest BCUT2D eigenvalue weighted by Crippen LogP contribution is 2.20. The molecule has 1 aliphatic heterocycles. The van der Waals surface area contributed by atoms with Crippen LogP contribution in [0.4, 0.5) is 0 Å². The first-order valence-electron chi connectivity index (χ1n) is 3.77. The summed E-state index contributed by atoms with van der Waals surface area (Å²) in [4.78, 5) is 25.0. The number of nitrogens with zero attached hydrogens (tertiary/aromatic N) is 2. The van der Waals surface area contributed by atoms with Gasteiger partial charge >= 0.3 is 11.4 Å². The van der Waals surface area contributed by atoms with Gasteiger partial charge in [0, 0.05) is 9.65 Å². The van der Waals surface area contributed by atoms with Gasteiger partial charge in [0.1, 0.15) is 0 Å². The normalized spacial score (nSPS) is 27.2. The molecule has 1 N–H and O–H groups in total. The highest BCUT2D eigenvalue weighted by Gasteiger charge is 2.26. The minimum absolute atomic E-state index is 0.181. The summed E-state index contributed by atoms with van der Waals surface area (Å²) >= 11 is 6.86. The highest BCUT2D eigenvalue weighted by atomic mass is 79.9. The van der Waals surface area contributed by atoms with Crippen LogP contribution in [-0.4, -0.2) is 24.0 Å². The van der Waals surface area contributed by atoms with Crippen LogP contribution in [0.2, 0.25) is 0 Å². The van der Waals surface area contributed by atoms with E-state index in [0.717, 1.165) is 0 Å². The number of aromatic nitrogens is 3. The molecule has 5 nitrogen and oxygen atoms in total. The lowest BCUT2D eigenvalue weighted by molar-refractivity contribution is 0.370. The molecule has 0 bridgehead atoms. The summed E-state index contributed by atoms with van der Waals surface area (Å²) in [7, 11) is 0. The van der Waals surface area contributed by atoms with Crippen molar-refractivity contribution in [2.75, 3.05) is 0 Å². The largest absolute Gasteiger partial charge is 0.344 e. The van der Waals surface area contributed by atoms with Crippen molar-refractivity contribution in [3.05, 3.63) is 21.0 Å². The van der Waals surface area contributed by atoms with E-state index < -0.39 is 0 Å². The van der Waals surface area contributed by atoms with Gasteiger partial charge in [0.25, 0.3) is 0 Å². The first kappa shape index (κ1) is 9.26. The fourth-order valence-corrected chi connectivity index (χ4v) is 2.24. The van der Waals surface area contributed by atoms with Gasteiger partial charge in [-0.3, -0.25) is 4.98 Å². The second-order valence-electron chi connectivity index (χ2n) is 2.93. The molecule has 0 aromatic carbocycles. The lowest BCUT2D eigenvalue weighted by Gasteiger charge is -2.24. The van der Waals surface area contributed by atoms with E-state index in [-0.39, 0.29) is 21.0 Å². The molecule has 0 fully saturated rings. The minimum atomic E-state index is -0.339. The van der Waals surface area contributed by atoms with E-state index in [0.29, 0.717) is 13.1 Å². The average molecular weight is 313 g/mol. The lowest BCUT2D eigenvalue weighted by atomic mass is 10.3. The third-order valence-electron chi connectivity index (χ3n) is 2.06. The van der Waals surface area contributed by atoms with E-state index >= 15 is 0 Å². The van der Waals surface area contributed by atoms with Crippen molar-refractivity contribution >= 4 is 31.9 Å². The summed E-state index contributed by atoms with van der Waals surface area (Å²) in [5.74, 6) is 0. The van der Waals surface area contributed by atoms with E-state index in [1.54, 1.807) is 0 Å². The van der Waals surface area contributed by atoms with Crippen molar-refractivity contribution in [1.82, 2.24) is 14.3 Å². The SMILES string of the molecule is O=c1[nH]c(=O)n2n1CC(Br)C(Br)C2. The smallest absolute Gasteiger partial charge is 0.257 e. The summed E-state index contributed by atoms with van der Waals surface area (Å²) in [6, 6.07) is 0. The zero-order valence-electron chi connectivity index (χ0n) is 6.54. The van der Waals surface area contributed by atoms with Gasteiger partial charge in [0.2, 0.25) is 0 Å². The van der Waals surface area contributed by atoms with Crippen LogP contribution in [0.15, 0.2) is 9.59 Å². The molecule has 1 aromatic rings. The third kappa shape index (κ3) is 1.43. The number of nitrogens with one attached hydrogen (secondary N) is 1. The van der Waals surface area contributed by atoms with Gasteiger partial charge in [-0.2, -0.15) is 0 Å². The number of halogens is 2. The molecule has 2 atom stereocenters. The molecule has 0 spiro atoms. The van der Waals surface area contributed by atoms with Crippen LogP contribution in [0.5, 0.6) is 0 Å². The fraction of sp³-hybridized carbons (Fsp3) is 0.667. The van der Waals surface area contributed by atoms with E-state index in [9.17, 15) is 9.59 Å². The summed E-state index contributed by atoms with van der Waals surface area (Å²) in [5, 5.41) is 0. The highest BCUT2D eigenvalue weighted by molar-refractivity contribution is 9.12. The molecule has 0 saturated heterocycles. The Morgan fingerprint density at radius 1 is 1.08 bits per heavy atom. The minimum Gasteiger partial charge on any atom is -0.257 e. The fourth-order valence-electron chi connectivity index (χ4n) is 1.36. The second-order valence-corrected chi connectivity index (χ2v) is 5.28. The second kappa shape index (κ2) is 3.13. The summed E-state index contributed by atoms with van der Waals surface area (Å²) in [6.07, 6.45) is 0. The van der Waals surface area contributed by atoms with E-state index in [2.05, 4.69) is 36.8 Å². The van der Waals surface area contributed by atoms with Crippen LogP contribution in [0.25, 0.3) is 0 Å². The Kier molecular flexibility index (Phi) is 2.23. The summed E-state index contributed by atoms with van der Waals surface area (Å²) in [5.41, 5.74) is -0.678. The van der Waals surface area contributed by atoms with Gasteiger partial charge in [0.05, 0.1) is 13.1 Å². The monoisotopic (exact) mass is 311 g/mol. The quantitative estimate of drug-likeness (QED) is 0.679. The third-order valence-corrected chi connectivity index (χ3v) is 4.63. The van der Waals surface area contributed by atoms with Gasteiger partial charge in [-0.15, -0.1) is 0 Å². The van der Waals surface area contributed by atoms with Gasteiger partial charge in [-0.25, -0.2) is 19.0 Å². The van der Waals surface area contributed by atoms with Crippen molar-refractivity contribution in [3.63, 3.8) is 0 Å². The van der Waals surface area contributed by atoms with Crippen LogP contribution < -0.4 is 11.4 Å². The maximum absolute atomic E-state index is 11.2. The van der Waals surface area contributed by atoms with Crippen LogP contribution in [-0.2, 0) is 13.1 Å². The summed E-state index contributed by atoms with van der Waals surface area (Å²) in [6.45, 7) is 1.01. The molecule has 0 saturated carbocycles. The number of aromatic amines is 1. The van der Waals surface area contributed by atoms with E-state index in [1.165, 1.54) is 9.36 Å². The number of fused-ring (bicyclic) bond motifs is 1. The average Bonchev–Trinajstić information content (AvgIpc) is 2.31. The molecular weight excluding hydrogens is 306 g/mol. The maximum Gasteiger partial charge on any atom is 0.344 e.